The molecule has 5 rings (SSSR count). The minimum Gasteiger partial charge on any atom is -0.507 e. The van der Waals surface area contributed by atoms with E-state index < -0.39 is 46.0 Å². The standard InChI is InChI=1S/C35H33F3N4O4/c1-39(2)26-8-10-27(11-9-26)40-12-14-41(15-13-40)35(46)33(44)20-32(43)29-17-24(16-28-30(37)18-25(36)19-31(28)38)22-42(34(29)45)21-23-6-4-3-5-7-23/h3-11,17-20,22,43H,12-16,21H2,1-2H3/b32-20-. The third-order valence-electron chi connectivity index (χ3n) is 7.88. The molecule has 1 aliphatic rings. The predicted molar refractivity (Wildman–Crippen MR) is 171 cm³/mol. The van der Waals surface area contributed by atoms with Crippen LogP contribution in [0.15, 0.2) is 89.9 Å². The number of piperazine rings is 1. The van der Waals surface area contributed by atoms with E-state index in [1.165, 1.54) is 21.7 Å². The normalized spacial score (nSPS) is 13.5. The van der Waals surface area contributed by atoms with Gasteiger partial charge in [0.25, 0.3) is 11.5 Å². The molecule has 0 saturated carbocycles. The van der Waals surface area contributed by atoms with Gasteiger partial charge in [-0.25, -0.2) is 13.2 Å². The Morgan fingerprint density at radius 3 is 2.11 bits per heavy atom. The van der Waals surface area contributed by atoms with Crippen molar-refractivity contribution in [1.29, 1.82) is 0 Å². The van der Waals surface area contributed by atoms with Gasteiger partial charge in [-0.1, -0.05) is 30.3 Å². The summed E-state index contributed by atoms with van der Waals surface area (Å²) in [5.41, 5.74) is 1.55. The fraction of sp³-hybridized carbons (Fsp3) is 0.229. The predicted octanol–water partition coefficient (Wildman–Crippen LogP) is 4.79. The van der Waals surface area contributed by atoms with Crippen molar-refractivity contribution in [2.45, 2.75) is 13.0 Å². The third kappa shape index (κ3) is 7.31. The van der Waals surface area contributed by atoms with E-state index in [4.69, 9.17) is 0 Å². The molecule has 2 heterocycles. The van der Waals surface area contributed by atoms with Crippen molar-refractivity contribution in [3.8, 4) is 0 Å². The average molecular weight is 631 g/mol. The fourth-order valence-corrected chi connectivity index (χ4v) is 5.37. The molecule has 0 aliphatic carbocycles. The highest BCUT2D eigenvalue weighted by Gasteiger charge is 2.26. The van der Waals surface area contributed by atoms with Gasteiger partial charge in [-0.15, -0.1) is 0 Å². The molecule has 238 valence electrons. The lowest BCUT2D eigenvalue weighted by Crippen LogP contribution is -2.50. The van der Waals surface area contributed by atoms with Crippen LogP contribution < -0.4 is 15.4 Å². The quantitative estimate of drug-likeness (QED) is 0.163. The molecule has 0 radical (unpaired) electrons. The number of carbonyl (C=O) groups excluding carboxylic acids is 2. The first-order valence-corrected chi connectivity index (χ1v) is 14.7. The Labute approximate surface area is 264 Å². The zero-order valence-electron chi connectivity index (χ0n) is 25.4. The summed E-state index contributed by atoms with van der Waals surface area (Å²) in [5.74, 6) is -5.89. The molecule has 1 saturated heterocycles. The topological polar surface area (TPSA) is 86.1 Å². The molecular formula is C35H33F3N4O4. The van der Waals surface area contributed by atoms with Crippen LogP contribution in [0.2, 0.25) is 0 Å². The van der Waals surface area contributed by atoms with Gasteiger partial charge in [0.05, 0.1) is 12.1 Å². The smallest absolute Gasteiger partial charge is 0.294 e. The van der Waals surface area contributed by atoms with Crippen LogP contribution in [0.25, 0.3) is 5.76 Å². The molecule has 1 amide bonds. The Bertz CT molecular complexity index is 1810. The van der Waals surface area contributed by atoms with Gasteiger partial charge in [-0.2, -0.15) is 0 Å². The molecule has 0 atom stereocenters. The van der Waals surface area contributed by atoms with Crippen LogP contribution in [-0.2, 0) is 22.6 Å². The van der Waals surface area contributed by atoms with Crippen LogP contribution in [0.5, 0.6) is 0 Å². The van der Waals surface area contributed by atoms with Gasteiger partial charge in [-0.3, -0.25) is 14.4 Å². The number of hydrogen-bond donors (Lipinski definition) is 1. The lowest BCUT2D eigenvalue weighted by atomic mass is 10.0. The highest BCUT2D eigenvalue weighted by Crippen LogP contribution is 2.22. The van der Waals surface area contributed by atoms with Gasteiger partial charge in [0.15, 0.2) is 0 Å². The van der Waals surface area contributed by atoms with Crippen molar-refractivity contribution < 1.29 is 27.9 Å². The van der Waals surface area contributed by atoms with Crippen molar-refractivity contribution in [1.82, 2.24) is 9.47 Å². The van der Waals surface area contributed by atoms with E-state index in [1.807, 2.05) is 43.3 Å². The molecule has 8 nitrogen and oxygen atoms in total. The maximum atomic E-state index is 14.5. The number of benzene rings is 3. The third-order valence-corrected chi connectivity index (χ3v) is 7.88. The van der Waals surface area contributed by atoms with Gasteiger partial charge in [0, 0.05) is 88.0 Å². The number of anilines is 2. The number of aliphatic hydroxyl groups is 1. The van der Waals surface area contributed by atoms with E-state index >= 15 is 0 Å². The summed E-state index contributed by atoms with van der Waals surface area (Å²) < 4.78 is 43.7. The number of pyridine rings is 1. The molecule has 4 aromatic rings. The molecule has 1 N–H and O–H groups in total. The van der Waals surface area contributed by atoms with Crippen LogP contribution >= 0.6 is 0 Å². The first-order valence-electron chi connectivity index (χ1n) is 14.7. The molecule has 46 heavy (non-hydrogen) atoms. The van der Waals surface area contributed by atoms with Gasteiger partial charge < -0.3 is 24.4 Å². The summed E-state index contributed by atoms with van der Waals surface area (Å²) in [6.07, 6.45) is 1.71. The highest BCUT2D eigenvalue weighted by atomic mass is 19.1. The van der Waals surface area contributed by atoms with E-state index in [0.29, 0.717) is 31.3 Å². The van der Waals surface area contributed by atoms with Gasteiger partial charge in [-0.05, 0) is 41.5 Å². The van der Waals surface area contributed by atoms with Crippen molar-refractivity contribution in [3.05, 3.63) is 135 Å². The lowest BCUT2D eigenvalue weighted by molar-refractivity contribution is -0.142. The van der Waals surface area contributed by atoms with Gasteiger partial charge >= 0.3 is 0 Å². The first kappa shape index (κ1) is 32.1. The molecule has 11 heteroatoms. The molecule has 1 fully saturated rings. The van der Waals surface area contributed by atoms with Crippen LogP contribution in [0.4, 0.5) is 24.5 Å². The summed E-state index contributed by atoms with van der Waals surface area (Å²) in [6, 6.07) is 19.2. The van der Waals surface area contributed by atoms with E-state index in [9.17, 15) is 32.7 Å². The summed E-state index contributed by atoms with van der Waals surface area (Å²) in [5, 5.41) is 10.9. The van der Waals surface area contributed by atoms with E-state index in [2.05, 4.69) is 4.90 Å². The van der Waals surface area contributed by atoms with Gasteiger partial charge in [0.1, 0.15) is 23.2 Å². The molecular weight excluding hydrogens is 597 g/mol. The zero-order chi connectivity index (χ0) is 33.0. The summed E-state index contributed by atoms with van der Waals surface area (Å²) >= 11 is 0. The largest absolute Gasteiger partial charge is 0.507 e. The molecule has 0 spiro atoms. The number of ketones is 1. The second-order valence-corrected chi connectivity index (χ2v) is 11.3. The van der Waals surface area contributed by atoms with Crippen LogP contribution in [0.3, 0.4) is 0 Å². The SMILES string of the molecule is CN(C)c1ccc(N2CCN(C(=O)C(=O)/C=C(\O)c3cc(Cc4c(F)cc(F)cc4F)cn(Cc4ccccc4)c3=O)CC2)cc1. The first-order chi connectivity index (χ1) is 22.0. The fourth-order valence-electron chi connectivity index (χ4n) is 5.37. The Morgan fingerprint density at radius 2 is 1.50 bits per heavy atom. The minimum absolute atomic E-state index is 0.0528. The van der Waals surface area contributed by atoms with Crippen LogP contribution in [-0.4, -0.2) is 66.5 Å². The molecule has 3 aromatic carbocycles. The second-order valence-electron chi connectivity index (χ2n) is 11.3. The number of hydrogen-bond acceptors (Lipinski definition) is 6. The van der Waals surface area contributed by atoms with Crippen molar-refractivity contribution in [3.63, 3.8) is 0 Å². The number of rotatable bonds is 9. The monoisotopic (exact) mass is 630 g/mol. The summed E-state index contributed by atoms with van der Waals surface area (Å²) in [6.45, 7) is 1.61. The van der Waals surface area contributed by atoms with Gasteiger partial charge in [0.2, 0.25) is 5.78 Å². The molecule has 1 aliphatic heterocycles. The summed E-state index contributed by atoms with van der Waals surface area (Å²) in [7, 11) is 3.91. The number of carbonyl (C=O) groups is 2. The molecule has 1 aromatic heterocycles. The Balaban J connectivity index is 1.36. The van der Waals surface area contributed by atoms with E-state index in [0.717, 1.165) is 16.9 Å². The van der Waals surface area contributed by atoms with Crippen LogP contribution in [0.1, 0.15) is 22.3 Å². The lowest BCUT2D eigenvalue weighted by Gasteiger charge is -2.35. The Hall–Kier alpha value is -5.32. The molecule has 0 unspecified atom stereocenters. The zero-order valence-corrected chi connectivity index (χ0v) is 25.4. The number of amides is 1. The highest BCUT2D eigenvalue weighted by molar-refractivity contribution is 6.41. The average Bonchev–Trinajstić information content (AvgIpc) is 3.04. The van der Waals surface area contributed by atoms with Crippen LogP contribution in [0, 0.1) is 17.5 Å². The van der Waals surface area contributed by atoms with E-state index in [1.54, 1.807) is 30.3 Å². The van der Waals surface area contributed by atoms with E-state index in [-0.39, 0.29) is 37.2 Å². The summed E-state index contributed by atoms with van der Waals surface area (Å²) in [4.78, 5) is 44.9. The number of halogens is 3. The maximum Gasteiger partial charge on any atom is 0.294 e. The number of aliphatic hydroxyl groups excluding tert-OH is 1. The number of nitrogens with zero attached hydrogens (tertiary/aromatic N) is 4. The number of aromatic nitrogens is 1. The van der Waals surface area contributed by atoms with Crippen molar-refractivity contribution in [2.24, 2.45) is 0 Å². The minimum atomic E-state index is -1.11. The van der Waals surface area contributed by atoms with Crippen molar-refractivity contribution in [2.75, 3.05) is 50.1 Å². The Morgan fingerprint density at radius 1 is 0.870 bits per heavy atom. The Kier molecular flexibility index (Phi) is 9.60. The molecule has 0 bridgehead atoms. The maximum absolute atomic E-state index is 14.5. The van der Waals surface area contributed by atoms with Crippen molar-refractivity contribution >= 4 is 28.8 Å². The second kappa shape index (κ2) is 13.8.